The number of nitrogens with zero attached hydrogens (tertiary/aromatic N) is 4. The van der Waals surface area contributed by atoms with Crippen molar-refractivity contribution < 1.29 is 4.79 Å². The molecule has 1 N–H and O–H groups in total. The molecule has 4 aromatic rings. The van der Waals surface area contributed by atoms with Crippen LogP contribution in [0.1, 0.15) is 10.4 Å². The van der Waals surface area contributed by atoms with Gasteiger partial charge in [-0.15, -0.1) is 0 Å². The quantitative estimate of drug-likeness (QED) is 0.513. The number of carbonyl (C=O) groups is 1. The number of pyridine rings is 2. The molecule has 0 saturated carbocycles. The number of hydrogen-bond acceptors (Lipinski definition) is 4. The van der Waals surface area contributed by atoms with Crippen LogP contribution in [0.3, 0.4) is 0 Å². The summed E-state index contributed by atoms with van der Waals surface area (Å²) in [6.07, 6.45) is 3.24. The third-order valence-electron chi connectivity index (χ3n) is 4.06. The SMILES string of the molecule is Cn1ncc2c(C(=O)Nc3cccc(Cl)c3)cc(-c3ccc(Cl)nc3)nc21. The topological polar surface area (TPSA) is 72.7 Å². The lowest BCUT2D eigenvalue weighted by Gasteiger charge is -2.09. The first kappa shape index (κ1) is 17.5. The van der Waals surface area contributed by atoms with Gasteiger partial charge in [0.2, 0.25) is 0 Å². The molecule has 0 fully saturated rings. The summed E-state index contributed by atoms with van der Waals surface area (Å²) in [5.74, 6) is -0.277. The number of anilines is 1. The summed E-state index contributed by atoms with van der Waals surface area (Å²) in [4.78, 5) is 21.6. The first-order valence-electron chi connectivity index (χ1n) is 8.03. The van der Waals surface area contributed by atoms with Crippen molar-refractivity contribution in [3.05, 3.63) is 70.6 Å². The minimum absolute atomic E-state index is 0.277. The molecule has 0 aliphatic carbocycles. The average molecular weight is 398 g/mol. The molecular weight excluding hydrogens is 385 g/mol. The standard InChI is InChI=1S/C19H13Cl2N5O/c1-26-18-15(10-23-26)14(19(27)24-13-4-2-3-12(20)7-13)8-16(25-18)11-5-6-17(21)22-9-11/h2-10H,1H3,(H,24,27). The maximum Gasteiger partial charge on any atom is 0.256 e. The fourth-order valence-corrected chi connectivity index (χ4v) is 3.04. The number of nitrogens with one attached hydrogen (secondary N) is 1. The Labute approximate surface area is 164 Å². The molecule has 0 aliphatic heterocycles. The molecule has 8 heteroatoms. The predicted molar refractivity (Wildman–Crippen MR) is 106 cm³/mol. The van der Waals surface area contributed by atoms with Crippen LogP contribution in [0.25, 0.3) is 22.3 Å². The van der Waals surface area contributed by atoms with Crippen molar-refractivity contribution in [1.82, 2.24) is 19.7 Å². The molecule has 6 nitrogen and oxygen atoms in total. The van der Waals surface area contributed by atoms with E-state index in [2.05, 4.69) is 20.4 Å². The highest BCUT2D eigenvalue weighted by Crippen LogP contribution is 2.26. The number of rotatable bonds is 3. The van der Waals surface area contributed by atoms with E-state index >= 15 is 0 Å². The van der Waals surface area contributed by atoms with E-state index in [4.69, 9.17) is 23.2 Å². The largest absolute Gasteiger partial charge is 0.322 e. The molecule has 1 aromatic carbocycles. The molecule has 0 saturated heterocycles. The first-order chi connectivity index (χ1) is 13.0. The minimum atomic E-state index is -0.277. The van der Waals surface area contributed by atoms with Crippen LogP contribution in [0, 0.1) is 0 Å². The molecule has 1 amide bonds. The van der Waals surface area contributed by atoms with Gasteiger partial charge in [-0.1, -0.05) is 29.3 Å². The third-order valence-corrected chi connectivity index (χ3v) is 4.51. The number of aryl methyl sites for hydroxylation is 1. The Morgan fingerprint density at radius 3 is 2.70 bits per heavy atom. The van der Waals surface area contributed by atoms with Gasteiger partial charge < -0.3 is 5.32 Å². The van der Waals surface area contributed by atoms with Crippen LogP contribution in [0.2, 0.25) is 10.2 Å². The zero-order valence-corrected chi connectivity index (χ0v) is 15.7. The van der Waals surface area contributed by atoms with E-state index in [1.807, 2.05) is 0 Å². The van der Waals surface area contributed by atoms with Gasteiger partial charge in [-0.3, -0.25) is 9.48 Å². The highest BCUT2D eigenvalue weighted by molar-refractivity contribution is 6.31. The molecule has 0 atom stereocenters. The maximum absolute atomic E-state index is 12.9. The maximum atomic E-state index is 12.9. The molecule has 3 heterocycles. The van der Waals surface area contributed by atoms with Gasteiger partial charge >= 0.3 is 0 Å². The van der Waals surface area contributed by atoms with Crippen molar-refractivity contribution >= 4 is 45.8 Å². The fraction of sp³-hybridized carbons (Fsp3) is 0.0526. The Balaban J connectivity index is 1.81. The van der Waals surface area contributed by atoms with E-state index in [-0.39, 0.29) is 5.91 Å². The zero-order chi connectivity index (χ0) is 19.0. The van der Waals surface area contributed by atoms with Crippen molar-refractivity contribution in [2.45, 2.75) is 0 Å². The molecule has 0 radical (unpaired) electrons. The number of fused-ring (bicyclic) bond motifs is 1. The smallest absolute Gasteiger partial charge is 0.256 e. The van der Waals surface area contributed by atoms with Crippen LogP contribution in [0.4, 0.5) is 5.69 Å². The first-order valence-corrected chi connectivity index (χ1v) is 8.78. The van der Waals surface area contributed by atoms with E-state index in [0.29, 0.717) is 38.2 Å². The van der Waals surface area contributed by atoms with Crippen LogP contribution in [0.15, 0.2) is 54.9 Å². The van der Waals surface area contributed by atoms with Gasteiger partial charge in [0, 0.05) is 29.5 Å². The van der Waals surface area contributed by atoms with E-state index < -0.39 is 0 Å². The van der Waals surface area contributed by atoms with Crippen LogP contribution in [-0.2, 0) is 7.05 Å². The lowest BCUT2D eigenvalue weighted by atomic mass is 10.1. The monoisotopic (exact) mass is 397 g/mol. The Morgan fingerprint density at radius 1 is 1.11 bits per heavy atom. The summed E-state index contributed by atoms with van der Waals surface area (Å²) in [5.41, 5.74) is 3.01. The second-order valence-electron chi connectivity index (χ2n) is 5.89. The average Bonchev–Trinajstić information content (AvgIpc) is 3.03. The summed E-state index contributed by atoms with van der Waals surface area (Å²) >= 11 is 11.9. The lowest BCUT2D eigenvalue weighted by Crippen LogP contribution is -2.13. The van der Waals surface area contributed by atoms with E-state index in [1.54, 1.807) is 66.6 Å². The van der Waals surface area contributed by atoms with Crippen molar-refractivity contribution in [3.8, 4) is 11.3 Å². The van der Waals surface area contributed by atoms with E-state index in [0.717, 1.165) is 5.56 Å². The molecule has 3 aromatic heterocycles. The zero-order valence-electron chi connectivity index (χ0n) is 14.1. The molecule has 4 rings (SSSR count). The molecule has 27 heavy (non-hydrogen) atoms. The molecule has 0 bridgehead atoms. The number of benzene rings is 1. The van der Waals surface area contributed by atoms with E-state index in [1.165, 1.54) is 0 Å². The predicted octanol–water partition coefficient (Wildman–Crippen LogP) is 4.59. The minimum Gasteiger partial charge on any atom is -0.322 e. The van der Waals surface area contributed by atoms with Crippen LogP contribution in [-0.4, -0.2) is 25.7 Å². The Bertz CT molecular complexity index is 1150. The molecule has 0 unspecified atom stereocenters. The molecular formula is C19H13Cl2N5O. The number of halogens is 2. The van der Waals surface area contributed by atoms with E-state index in [9.17, 15) is 4.79 Å². The van der Waals surface area contributed by atoms with Gasteiger partial charge in [0.15, 0.2) is 5.65 Å². The van der Waals surface area contributed by atoms with Crippen molar-refractivity contribution in [1.29, 1.82) is 0 Å². The van der Waals surface area contributed by atoms with Gasteiger partial charge in [0.05, 0.1) is 22.8 Å². The van der Waals surface area contributed by atoms with Gasteiger partial charge in [0.25, 0.3) is 5.91 Å². The van der Waals surface area contributed by atoms with Crippen molar-refractivity contribution in [2.24, 2.45) is 7.05 Å². The summed E-state index contributed by atoms with van der Waals surface area (Å²) in [5, 5.41) is 8.68. The highest BCUT2D eigenvalue weighted by atomic mass is 35.5. The summed E-state index contributed by atoms with van der Waals surface area (Å²) in [6, 6.07) is 12.2. The van der Waals surface area contributed by atoms with Crippen molar-refractivity contribution in [3.63, 3.8) is 0 Å². The van der Waals surface area contributed by atoms with Gasteiger partial charge in [-0.05, 0) is 36.4 Å². The summed E-state index contributed by atoms with van der Waals surface area (Å²) in [6.45, 7) is 0. The van der Waals surface area contributed by atoms with Crippen LogP contribution < -0.4 is 5.32 Å². The third kappa shape index (κ3) is 3.49. The van der Waals surface area contributed by atoms with Crippen LogP contribution in [0.5, 0.6) is 0 Å². The van der Waals surface area contributed by atoms with Crippen LogP contribution >= 0.6 is 23.2 Å². The number of amides is 1. The van der Waals surface area contributed by atoms with Gasteiger partial charge in [-0.25, -0.2) is 9.97 Å². The lowest BCUT2D eigenvalue weighted by molar-refractivity contribution is 0.102. The second kappa shape index (κ2) is 6.98. The number of hydrogen-bond donors (Lipinski definition) is 1. The Kier molecular flexibility index (Phi) is 4.51. The Hall–Kier alpha value is -2.96. The highest BCUT2D eigenvalue weighted by Gasteiger charge is 2.17. The van der Waals surface area contributed by atoms with Gasteiger partial charge in [0.1, 0.15) is 5.15 Å². The number of carbonyl (C=O) groups excluding carboxylic acids is 1. The fourth-order valence-electron chi connectivity index (χ4n) is 2.74. The Morgan fingerprint density at radius 2 is 1.96 bits per heavy atom. The molecule has 0 spiro atoms. The van der Waals surface area contributed by atoms with Crippen molar-refractivity contribution in [2.75, 3.05) is 5.32 Å². The summed E-state index contributed by atoms with van der Waals surface area (Å²) < 4.78 is 1.62. The molecule has 134 valence electrons. The summed E-state index contributed by atoms with van der Waals surface area (Å²) in [7, 11) is 1.78. The second-order valence-corrected chi connectivity index (χ2v) is 6.72. The van der Waals surface area contributed by atoms with Gasteiger partial charge in [-0.2, -0.15) is 5.10 Å². The number of aromatic nitrogens is 4. The molecule has 0 aliphatic rings. The normalized spacial score (nSPS) is 10.9.